The summed E-state index contributed by atoms with van der Waals surface area (Å²) in [6.07, 6.45) is 4.42. The molecule has 6 heteroatoms. The third-order valence-corrected chi connectivity index (χ3v) is 3.06. The van der Waals surface area contributed by atoms with Crippen LogP contribution in [-0.4, -0.2) is 36.5 Å². The largest absolute Gasteiger partial charge is 0.496 e. The monoisotopic (exact) mass is 289 g/mol. The van der Waals surface area contributed by atoms with Crippen molar-refractivity contribution >= 4 is 5.91 Å². The van der Waals surface area contributed by atoms with Gasteiger partial charge in [0.05, 0.1) is 14.2 Å². The smallest absolute Gasteiger partial charge is 0.258 e. The second kappa shape index (κ2) is 7.33. The first-order chi connectivity index (χ1) is 10.3. The van der Waals surface area contributed by atoms with E-state index in [1.54, 1.807) is 24.4 Å². The highest BCUT2D eigenvalue weighted by atomic mass is 16.5. The number of carbonyl (C=O) groups excluding carboxylic acids is 1. The number of carbonyl (C=O) groups is 1. The fourth-order valence-corrected chi connectivity index (χ4v) is 2.04. The number of rotatable bonds is 7. The van der Waals surface area contributed by atoms with E-state index in [4.69, 9.17) is 9.47 Å². The lowest BCUT2D eigenvalue weighted by Gasteiger charge is -2.13. The van der Waals surface area contributed by atoms with Crippen LogP contribution in [0.1, 0.15) is 16.8 Å². The van der Waals surface area contributed by atoms with Crippen LogP contribution in [0.4, 0.5) is 0 Å². The second-order valence-electron chi connectivity index (χ2n) is 4.42. The van der Waals surface area contributed by atoms with Crippen LogP contribution in [0.15, 0.2) is 36.7 Å². The highest BCUT2D eigenvalue weighted by Crippen LogP contribution is 2.27. The minimum atomic E-state index is -0.204. The Kier molecular flexibility index (Phi) is 5.20. The maximum Gasteiger partial charge on any atom is 0.258 e. The first kappa shape index (κ1) is 14.9. The van der Waals surface area contributed by atoms with Crippen molar-refractivity contribution in [2.45, 2.75) is 13.0 Å². The maximum atomic E-state index is 12.3. The Morgan fingerprint density at radius 1 is 1.24 bits per heavy atom. The molecule has 0 aliphatic heterocycles. The van der Waals surface area contributed by atoms with Crippen LogP contribution in [0.2, 0.25) is 0 Å². The summed E-state index contributed by atoms with van der Waals surface area (Å²) >= 11 is 0. The highest BCUT2D eigenvalue weighted by molar-refractivity contribution is 5.99. The molecule has 2 rings (SSSR count). The molecule has 2 aromatic rings. The zero-order valence-corrected chi connectivity index (χ0v) is 12.2. The van der Waals surface area contributed by atoms with Crippen molar-refractivity contribution in [1.82, 2.24) is 15.1 Å². The molecule has 0 fully saturated rings. The third-order valence-electron chi connectivity index (χ3n) is 3.06. The molecule has 1 heterocycles. The number of amides is 1. The number of benzene rings is 1. The Labute approximate surface area is 123 Å². The summed E-state index contributed by atoms with van der Waals surface area (Å²) in [7, 11) is 3.06. The predicted molar refractivity (Wildman–Crippen MR) is 78.7 cm³/mol. The van der Waals surface area contributed by atoms with Crippen LogP contribution in [0.5, 0.6) is 11.5 Å². The lowest BCUT2D eigenvalue weighted by Crippen LogP contribution is -2.26. The summed E-state index contributed by atoms with van der Waals surface area (Å²) in [5.41, 5.74) is 0.418. The van der Waals surface area contributed by atoms with Gasteiger partial charge in [0.1, 0.15) is 17.1 Å². The summed E-state index contributed by atoms with van der Waals surface area (Å²) in [6, 6.07) is 7.13. The van der Waals surface area contributed by atoms with Gasteiger partial charge < -0.3 is 14.8 Å². The highest BCUT2D eigenvalue weighted by Gasteiger charge is 2.17. The molecule has 0 spiro atoms. The van der Waals surface area contributed by atoms with E-state index in [-0.39, 0.29) is 5.91 Å². The first-order valence-corrected chi connectivity index (χ1v) is 6.73. The molecule has 0 radical (unpaired) electrons. The number of methoxy groups -OCH3 is 2. The van der Waals surface area contributed by atoms with Gasteiger partial charge in [-0.3, -0.25) is 9.48 Å². The summed E-state index contributed by atoms with van der Waals surface area (Å²) in [5.74, 6) is 0.794. The molecule has 0 unspecified atom stereocenters. The van der Waals surface area contributed by atoms with Gasteiger partial charge in [-0.15, -0.1) is 0 Å². The SMILES string of the molecule is COc1cccc(OC)c1C(=O)NCCCn1cccn1. The molecule has 1 amide bonds. The van der Waals surface area contributed by atoms with Crippen molar-refractivity contribution in [2.75, 3.05) is 20.8 Å². The van der Waals surface area contributed by atoms with Crippen LogP contribution in [0, 0.1) is 0 Å². The number of ether oxygens (including phenoxy) is 2. The average Bonchev–Trinajstić information content (AvgIpc) is 3.03. The molecule has 112 valence electrons. The van der Waals surface area contributed by atoms with Crippen LogP contribution >= 0.6 is 0 Å². The van der Waals surface area contributed by atoms with Gasteiger partial charge in [-0.1, -0.05) is 6.07 Å². The molecule has 6 nitrogen and oxygen atoms in total. The Bertz CT molecular complexity index is 560. The number of nitrogens with zero attached hydrogens (tertiary/aromatic N) is 2. The lowest BCUT2D eigenvalue weighted by atomic mass is 10.1. The molecule has 0 aliphatic rings. The molecule has 1 aromatic heterocycles. The van der Waals surface area contributed by atoms with Crippen LogP contribution < -0.4 is 14.8 Å². The van der Waals surface area contributed by atoms with Gasteiger partial charge in [0.15, 0.2) is 0 Å². The normalized spacial score (nSPS) is 10.2. The van der Waals surface area contributed by atoms with Crippen LogP contribution in [-0.2, 0) is 6.54 Å². The van der Waals surface area contributed by atoms with E-state index < -0.39 is 0 Å². The predicted octanol–water partition coefficient (Wildman–Crippen LogP) is 1.72. The van der Waals surface area contributed by atoms with Crippen molar-refractivity contribution in [2.24, 2.45) is 0 Å². The van der Waals surface area contributed by atoms with Gasteiger partial charge in [-0.05, 0) is 24.6 Å². The quantitative estimate of drug-likeness (QED) is 0.788. The topological polar surface area (TPSA) is 65.4 Å². The fourth-order valence-electron chi connectivity index (χ4n) is 2.04. The minimum absolute atomic E-state index is 0.204. The van der Waals surface area contributed by atoms with E-state index >= 15 is 0 Å². The van der Waals surface area contributed by atoms with Crippen molar-refractivity contribution in [3.8, 4) is 11.5 Å². The number of aryl methyl sites for hydroxylation is 1. The number of hydrogen-bond donors (Lipinski definition) is 1. The Morgan fingerprint density at radius 2 is 1.95 bits per heavy atom. The van der Waals surface area contributed by atoms with Crippen molar-refractivity contribution < 1.29 is 14.3 Å². The summed E-state index contributed by atoms with van der Waals surface area (Å²) < 4.78 is 12.3. The zero-order chi connectivity index (χ0) is 15.1. The Hall–Kier alpha value is -2.50. The molecule has 0 aliphatic carbocycles. The molecule has 0 bridgehead atoms. The molecule has 0 atom stereocenters. The van der Waals surface area contributed by atoms with E-state index in [9.17, 15) is 4.79 Å². The third kappa shape index (κ3) is 3.75. The minimum Gasteiger partial charge on any atom is -0.496 e. The number of nitrogens with one attached hydrogen (secondary N) is 1. The Balaban J connectivity index is 1.93. The van der Waals surface area contributed by atoms with Gasteiger partial charge in [-0.2, -0.15) is 5.10 Å². The van der Waals surface area contributed by atoms with Crippen molar-refractivity contribution in [3.05, 3.63) is 42.2 Å². The fraction of sp³-hybridized carbons (Fsp3) is 0.333. The molecule has 1 aromatic carbocycles. The van der Waals surface area contributed by atoms with E-state index in [1.807, 2.05) is 16.9 Å². The van der Waals surface area contributed by atoms with Gasteiger partial charge in [0.2, 0.25) is 0 Å². The average molecular weight is 289 g/mol. The first-order valence-electron chi connectivity index (χ1n) is 6.73. The Morgan fingerprint density at radius 3 is 2.52 bits per heavy atom. The van der Waals surface area contributed by atoms with E-state index in [2.05, 4.69) is 10.4 Å². The van der Waals surface area contributed by atoms with Crippen molar-refractivity contribution in [1.29, 1.82) is 0 Å². The van der Waals surface area contributed by atoms with E-state index in [0.717, 1.165) is 13.0 Å². The molecule has 1 N–H and O–H groups in total. The van der Waals surface area contributed by atoms with Crippen LogP contribution in [0.25, 0.3) is 0 Å². The van der Waals surface area contributed by atoms with Gasteiger partial charge >= 0.3 is 0 Å². The molecule has 21 heavy (non-hydrogen) atoms. The standard InChI is InChI=1S/C15H19N3O3/c1-20-12-6-3-7-13(21-2)14(12)15(19)16-8-4-10-18-11-5-9-17-18/h3,5-7,9,11H,4,8,10H2,1-2H3,(H,16,19). The van der Waals surface area contributed by atoms with E-state index in [1.165, 1.54) is 14.2 Å². The lowest BCUT2D eigenvalue weighted by molar-refractivity contribution is 0.0946. The van der Waals surface area contributed by atoms with Gasteiger partial charge in [0.25, 0.3) is 5.91 Å². The van der Waals surface area contributed by atoms with Crippen molar-refractivity contribution in [3.63, 3.8) is 0 Å². The van der Waals surface area contributed by atoms with Gasteiger partial charge in [-0.25, -0.2) is 0 Å². The van der Waals surface area contributed by atoms with E-state index in [0.29, 0.717) is 23.6 Å². The summed E-state index contributed by atoms with van der Waals surface area (Å²) in [4.78, 5) is 12.3. The maximum absolute atomic E-state index is 12.3. The van der Waals surface area contributed by atoms with Gasteiger partial charge in [0, 0.05) is 25.5 Å². The zero-order valence-electron chi connectivity index (χ0n) is 12.2. The molecule has 0 saturated carbocycles. The van der Waals surface area contributed by atoms with Crippen LogP contribution in [0.3, 0.4) is 0 Å². The number of aromatic nitrogens is 2. The summed E-state index contributed by atoms with van der Waals surface area (Å²) in [6.45, 7) is 1.32. The second-order valence-corrected chi connectivity index (χ2v) is 4.42. The molecular formula is C15H19N3O3. The molecule has 0 saturated heterocycles. The number of hydrogen-bond acceptors (Lipinski definition) is 4. The molecular weight excluding hydrogens is 270 g/mol. The summed E-state index contributed by atoms with van der Waals surface area (Å²) in [5, 5.41) is 6.98.